The van der Waals surface area contributed by atoms with Gasteiger partial charge in [0.15, 0.2) is 5.76 Å². The van der Waals surface area contributed by atoms with Crippen molar-refractivity contribution in [2.75, 3.05) is 5.32 Å². The Morgan fingerprint density at radius 2 is 2.21 bits per heavy atom. The molecule has 0 fully saturated rings. The lowest BCUT2D eigenvalue weighted by Gasteiger charge is -2.12. The first-order valence-corrected chi connectivity index (χ1v) is 6.60. The highest BCUT2D eigenvalue weighted by Gasteiger charge is 2.19. The van der Waals surface area contributed by atoms with E-state index in [1.807, 2.05) is 0 Å². The Labute approximate surface area is 115 Å². The van der Waals surface area contributed by atoms with Gasteiger partial charge < -0.3 is 15.5 Å². The van der Waals surface area contributed by atoms with E-state index >= 15 is 0 Å². The second kappa shape index (κ2) is 5.00. The molecule has 3 N–H and O–H groups in total. The van der Waals surface area contributed by atoms with Gasteiger partial charge in [-0.15, -0.1) is 0 Å². The fourth-order valence-electron chi connectivity index (χ4n) is 1.37. The molecule has 7 heteroatoms. The van der Waals surface area contributed by atoms with Gasteiger partial charge in [0, 0.05) is 16.9 Å². The molecule has 0 saturated heterocycles. The molecule has 0 aliphatic carbocycles. The number of anilines is 1. The molecule has 0 aromatic carbocycles. The first kappa shape index (κ1) is 13.5. The Kier molecular flexibility index (Phi) is 3.57. The number of primary amides is 1. The van der Waals surface area contributed by atoms with Crippen molar-refractivity contribution in [2.45, 2.75) is 32.7 Å². The zero-order valence-electron chi connectivity index (χ0n) is 11.1. The van der Waals surface area contributed by atoms with Crippen molar-refractivity contribution in [2.24, 2.45) is 5.73 Å². The molecule has 1 amide bonds. The molecule has 6 nitrogen and oxygen atoms in total. The van der Waals surface area contributed by atoms with Gasteiger partial charge in [-0.3, -0.25) is 4.79 Å². The van der Waals surface area contributed by atoms with Crippen molar-refractivity contribution in [3.63, 3.8) is 0 Å². The number of nitrogens with zero attached hydrogens (tertiary/aromatic N) is 2. The number of hydrogen-bond donors (Lipinski definition) is 2. The predicted octanol–water partition coefficient (Wildman–Crippen LogP) is 2.14. The van der Waals surface area contributed by atoms with Gasteiger partial charge in [-0.25, -0.2) is 4.98 Å². The van der Waals surface area contributed by atoms with Gasteiger partial charge in [-0.1, -0.05) is 20.8 Å². The number of amides is 1. The lowest BCUT2D eigenvalue weighted by molar-refractivity contribution is 0.0972. The summed E-state index contributed by atoms with van der Waals surface area (Å²) in [5, 5.41) is 3.83. The summed E-state index contributed by atoms with van der Waals surface area (Å²) in [7, 11) is 0. The highest BCUT2D eigenvalue weighted by molar-refractivity contribution is 7.09. The average Bonchev–Trinajstić information content (AvgIpc) is 2.95. The summed E-state index contributed by atoms with van der Waals surface area (Å²) < 4.78 is 9.56. The molecule has 102 valence electrons. The summed E-state index contributed by atoms with van der Waals surface area (Å²) in [6.45, 7) is 6.62. The summed E-state index contributed by atoms with van der Waals surface area (Å²) in [6.07, 6.45) is 0. The Morgan fingerprint density at radius 3 is 2.74 bits per heavy atom. The zero-order valence-corrected chi connectivity index (χ0v) is 11.9. The van der Waals surface area contributed by atoms with E-state index in [2.05, 4.69) is 35.4 Å². The first-order valence-electron chi connectivity index (χ1n) is 5.83. The molecule has 0 spiro atoms. The molecule has 2 rings (SSSR count). The standard InChI is InChI=1S/C12H16N4O2S/c1-12(2,3)10-15-11(19-16-10)14-6-7-4-5-8(18-7)9(13)17/h4-5H,6H2,1-3H3,(H2,13,17)(H,14,15,16). The van der Waals surface area contributed by atoms with Crippen molar-refractivity contribution in [1.29, 1.82) is 0 Å². The van der Waals surface area contributed by atoms with Gasteiger partial charge in [-0.05, 0) is 12.1 Å². The minimum atomic E-state index is -0.572. The Morgan fingerprint density at radius 1 is 1.47 bits per heavy atom. The number of rotatable bonds is 4. The number of hydrogen-bond acceptors (Lipinski definition) is 6. The van der Waals surface area contributed by atoms with Gasteiger partial charge in [0.2, 0.25) is 5.13 Å². The van der Waals surface area contributed by atoms with Crippen LogP contribution in [0.5, 0.6) is 0 Å². The van der Waals surface area contributed by atoms with Gasteiger partial charge in [0.05, 0.1) is 6.54 Å². The highest BCUT2D eigenvalue weighted by Crippen LogP contribution is 2.23. The molecule has 0 aliphatic rings. The van der Waals surface area contributed by atoms with Crippen LogP contribution >= 0.6 is 11.5 Å². The number of carbonyl (C=O) groups is 1. The molecule has 0 bridgehead atoms. The fraction of sp³-hybridized carbons (Fsp3) is 0.417. The molecule has 2 heterocycles. The number of nitrogens with one attached hydrogen (secondary N) is 1. The molecule has 0 radical (unpaired) electrons. The van der Waals surface area contributed by atoms with Crippen molar-refractivity contribution in [3.05, 3.63) is 29.5 Å². The third kappa shape index (κ3) is 3.31. The van der Waals surface area contributed by atoms with E-state index in [4.69, 9.17) is 10.2 Å². The smallest absolute Gasteiger partial charge is 0.284 e. The molecule has 0 saturated carbocycles. The van der Waals surface area contributed by atoms with Crippen LogP contribution in [0, 0.1) is 0 Å². The molecule has 2 aromatic rings. The van der Waals surface area contributed by atoms with Crippen LogP contribution in [-0.2, 0) is 12.0 Å². The largest absolute Gasteiger partial charge is 0.454 e. The van der Waals surface area contributed by atoms with Crippen LogP contribution < -0.4 is 11.1 Å². The number of aromatic nitrogens is 2. The lowest BCUT2D eigenvalue weighted by atomic mass is 9.96. The van der Waals surface area contributed by atoms with Crippen molar-refractivity contribution in [3.8, 4) is 0 Å². The maximum absolute atomic E-state index is 10.9. The van der Waals surface area contributed by atoms with E-state index in [0.29, 0.717) is 12.3 Å². The molecule has 2 aromatic heterocycles. The summed E-state index contributed by atoms with van der Waals surface area (Å²) >= 11 is 1.30. The van der Waals surface area contributed by atoms with Gasteiger partial charge >= 0.3 is 0 Å². The molecule has 0 unspecified atom stereocenters. The maximum Gasteiger partial charge on any atom is 0.284 e. The van der Waals surface area contributed by atoms with E-state index in [-0.39, 0.29) is 11.2 Å². The molecule has 19 heavy (non-hydrogen) atoms. The Balaban J connectivity index is 1.98. The van der Waals surface area contributed by atoms with Gasteiger partial charge in [0.1, 0.15) is 11.6 Å². The zero-order chi connectivity index (χ0) is 14.0. The van der Waals surface area contributed by atoms with Crippen LogP contribution in [0.1, 0.15) is 42.9 Å². The lowest BCUT2D eigenvalue weighted by Crippen LogP contribution is -2.13. The third-order valence-electron chi connectivity index (χ3n) is 2.42. The fourth-order valence-corrected chi connectivity index (χ4v) is 2.12. The van der Waals surface area contributed by atoms with Crippen molar-refractivity contribution < 1.29 is 9.21 Å². The summed E-state index contributed by atoms with van der Waals surface area (Å²) in [5.74, 6) is 1.01. The van der Waals surface area contributed by atoms with Crippen LogP contribution in [0.2, 0.25) is 0 Å². The average molecular weight is 280 g/mol. The van der Waals surface area contributed by atoms with Crippen molar-refractivity contribution >= 4 is 22.6 Å². The first-order chi connectivity index (χ1) is 8.86. The molecule has 0 atom stereocenters. The number of furan rings is 1. The van der Waals surface area contributed by atoms with E-state index < -0.39 is 5.91 Å². The Bertz CT molecular complexity index is 583. The summed E-state index contributed by atoms with van der Waals surface area (Å²) in [6, 6.07) is 3.26. The minimum Gasteiger partial charge on any atom is -0.454 e. The SMILES string of the molecule is CC(C)(C)c1nsc(NCc2ccc(C(N)=O)o2)n1. The minimum absolute atomic E-state index is 0.0692. The normalized spacial score (nSPS) is 11.5. The van der Waals surface area contributed by atoms with Crippen molar-refractivity contribution in [1.82, 2.24) is 9.36 Å². The molecular formula is C12H16N4O2S. The Hall–Kier alpha value is -1.89. The maximum atomic E-state index is 10.9. The van der Waals surface area contributed by atoms with E-state index in [0.717, 1.165) is 11.0 Å². The quantitative estimate of drug-likeness (QED) is 0.894. The predicted molar refractivity (Wildman–Crippen MR) is 73.2 cm³/mol. The van der Waals surface area contributed by atoms with E-state index in [1.54, 1.807) is 12.1 Å². The van der Waals surface area contributed by atoms with Crippen LogP contribution in [0.4, 0.5) is 5.13 Å². The van der Waals surface area contributed by atoms with Crippen LogP contribution in [-0.4, -0.2) is 15.3 Å². The highest BCUT2D eigenvalue weighted by atomic mass is 32.1. The van der Waals surface area contributed by atoms with E-state index in [9.17, 15) is 4.79 Å². The van der Waals surface area contributed by atoms with Gasteiger partial charge in [0.25, 0.3) is 5.91 Å². The van der Waals surface area contributed by atoms with Gasteiger partial charge in [-0.2, -0.15) is 4.37 Å². The van der Waals surface area contributed by atoms with Crippen LogP contribution in [0.15, 0.2) is 16.5 Å². The van der Waals surface area contributed by atoms with E-state index in [1.165, 1.54) is 11.5 Å². The summed E-state index contributed by atoms with van der Waals surface area (Å²) in [5.41, 5.74) is 5.04. The topological polar surface area (TPSA) is 94.0 Å². The second-order valence-electron chi connectivity index (χ2n) is 5.16. The third-order valence-corrected chi connectivity index (χ3v) is 3.09. The van der Waals surface area contributed by atoms with Crippen LogP contribution in [0.3, 0.4) is 0 Å². The second-order valence-corrected chi connectivity index (χ2v) is 5.91. The molecule has 0 aliphatic heterocycles. The molecular weight excluding hydrogens is 264 g/mol. The number of carbonyl (C=O) groups excluding carboxylic acids is 1. The van der Waals surface area contributed by atoms with Crippen LogP contribution in [0.25, 0.3) is 0 Å². The number of nitrogens with two attached hydrogens (primary N) is 1. The summed E-state index contributed by atoms with van der Waals surface area (Å²) in [4.78, 5) is 15.3. The monoisotopic (exact) mass is 280 g/mol.